The van der Waals surface area contributed by atoms with Crippen molar-refractivity contribution in [3.63, 3.8) is 0 Å². The summed E-state index contributed by atoms with van der Waals surface area (Å²) in [5.41, 5.74) is 2.19. The van der Waals surface area contributed by atoms with Crippen LogP contribution in [0.3, 0.4) is 0 Å². The number of para-hydroxylation sites is 1. The minimum Gasteiger partial charge on any atom is -0.492 e. The van der Waals surface area contributed by atoms with Crippen molar-refractivity contribution >= 4 is 18.3 Å². The first-order valence-electron chi connectivity index (χ1n) is 9.97. The predicted molar refractivity (Wildman–Crippen MR) is 117 cm³/mol. The monoisotopic (exact) mass is 402 g/mol. The van der Waals surface area contributed by atoms with E-state index in [0.717, 1.165) is 55.3 Å². The average molecular weight is 403 g/mol. The van der Waals surface area contributed by atoms with Crippen LogP contribution >= 0.6 is 12.4 Å². The molecule has 1 heterocycles. The molecular formula is C23H31ClN2O2. The van der Waals surface area contributed by atoms with Crippen molar-refractivity contribution in [1.29, 1.82) is 0 Å². The van der Waals surface area contributed by atoms with Gasteiger partial charge in [-0.25, -0.2) is 0 Å². The van der Waals surface area contributed by atoms with Gasteiger partial charge in [0.2, 0.25) is 5.91 Å². The Labute approximate surface area is 174 Å². The van der Waals surface area contributed by atoms with Gasteiger partial charge in [0.05, 0.1) is 13.0 Å². The van der Waals surface area contributed by atoms with Crippen molar-refractivity contribution in [1.82, 2.24) is 10.2 Å². The van der Waals surface area contributed by atoms with Crippen LogP contribution in [0.25, 0.3) is 11.1 Å². The van der Waals surface area contributed by atoms with Crippen LogP contribution in [0.4, 0.5) is 0 Å². The van der Waals surface area contributed by atoms with Crippen LogP contribution in [-0.2, 0) is 4.79 Å². The number of benzene rings is 2. The van der Waals surface area contributed by atoms with Gasteiger partial charge < -0.3 is 15.0 Å². The number of hydrogen-bond acceptors (Lipinski definition) is 3. The number of carbonyl (C=O) groups is 1. The lowest BCUT2D eigenvalue weighted by Crippen LogP contribution is -2.39. The SMILES string of the molecule is CNCCC1CCN(C(=O)CCOc2ccccc2-c2ccccc2)CC1.Cl. The second-order valence-corrected chi connectivity index (χ2v) is 7.18. The first-order valence-corrected chi connectivity index (χ1v) is 9.97. The molecule has 5 heteroatoms. The third kappa shape index (κ3) is 6.25. The molecule has 0 radical (unpaired) electrons. The molecule has 1 saturated heterocycles. The molecule has 3 rings (SSSR count). The fraction of sp³-hybridized carbons (Fsp3) is 0.435. The van der Waals surface area contributed by atoms with Gasteiger partial charge in [0.1, 0.15) is 5.75 Å². The molecule has 1 aliphatic heterocycles. The molecule has 0 aliphatic carbocycles. The summed E-state index contributed by atoms with van der Waals surface area (Å²) in [4.78, 5) is 14.5. The van der Waals surface area contributed by atoms with E-state index in [-0.39, 0.29) is 18.3 Å². The molecule has 2 aromatic carbocycles. The van der Waals surface area contributed by atoms with Crippen LogP contribution in [0.1, 0.15) is 25.7 Å². The minimum atomic E-state index is 0. The highest BCUT2D eigenvalue weighted by molar-refractivity contribution is 5.85. The van der Waals surface area contributed by atoms with Crippen LogP contribution in [0.15, 0.2) is 54.6 Å². The lowest BCUT2D eigenvalue weighted by molar-refractivity contribution is -0.133. The maximum atomic E-state index is 12.5. The summed E-state index contributed by atoms with van der Waals surface area (Å²) in [5.74, 6) is 1.79. The summed E-state index contributed by atoms with van der Waals surface area (Å²) >= 11 is 0. The molecule has 0 bridgehead atoms. The Morgan fingerprint density at radius 1 is 1.07 bits per heavy atom. The van der Waals surface area contributed by atoms with Crippen molar-refractivity contribution in [2.45, 2.75) is 25.7 Å². The van der Waals surface area contributed by atoms with Crippen LogP contribution in [0, 0.1) is 5.92 Å². The van der Waals surface area contributed by atoms with Gasteiger partial charge in [-0.1, -0.05) is 48.5 Å². The van der Waals surface area contributed by atoms with Crippen LogP contribution in [0.5, 0.6) is 5.75 Å². The quantitative estimate of drug-likeness (QED) is 0.711. The van der Waals surface area contributed by atoms with Gasteiger partial charge in [0, 0.05) is 18.7 Å². The van der Waals surface area contributed by atoms with Crippen LogP contribution in [0.2, 0.25) is 0 Å². The van der Waals surface area contributed by atoms with E-state index < -0.39 is 0 Å². The van der Waals surface area contributed by atoms with E-state index in [9.17, 15) is 4.79 Å². The van der Waals surface area contributed by atoms with E-state index in [0.29, 0.717) is 13.0 Å². The minimum absolute atomic E-state index is 0. The van der Waals surface area contributed by atoms with Crippen molar-refractivity contribution in [3.05, 3.63) is 54.6 Å². The lowest BCUT2D eigenvalue weighted by atomic mass is 9.93. The summed E-state index contributed by atoms with van der Waals surface area (Å²) in [7, 11) is 1.99. The fourth-order valence-corrected chi connectivity index (χ4v) is 3.67. The Hall–Kier alpha value is -2.04. The first-order chi connectivity index (χ1) is 13.3. The normalized spacial score (nSPS) is 14.4. The highest BCUT2D eigenvalue weighted by Crippen LogP contribution is 2.29. The van der Waals surface area contributed by atoms with Gasteiger partial charge in [-0.15, -0.1) is 12.4 Å². The van der Waals surface area contributed by atoms with E-state index in [1.807, 2.05) is 48.3 Å². The van der Waals surface area contributed by atoms with Gasteiger partial charge in [-0.2, -0.15) is 0 Å². The summed E-state index contributed by atoms with van der Waals surface area (Å²) in [5, 5.41) is 3.21. The fourth-order valence-electron chi connectivity index (χ4n) is 3.67. The number of nitrogens with zero attached hydrogens (tertiary/aromatic N) is 1. The van der Waals surface area contributed by atoms with Gasteiger partial charge in [0.15, 0.2) is 0 Å². The van der Waals surface area contributed by atoms with Crippen molar-refractivity contribution in [3.8, 4) is 16.9 Å². The molecule has 28 heavy (non-hydrogen) atoms. The molecule has 2 aromatic rings. The molecule has 0 atom stereocenters. The molecule has 0 saturated carbocycles. The maximum Gasteiger partial charge on any atom is 0.225 e. The summed E-state index contributed by atoms with van der Waals surface area (Å²) in [6, 6.07) is 18.2. The van der Waals surface area contributed by atoms with E-state index in [1.165, 1.54) is 6.42 Å². The van der Waals surface area contributed by atoms with Crippen molar-refractivity contribution in [2.75, 3.05) is 33.3 Å². The number of likely N-dealkylation sites (tertiary alicyclic amines) is 1. The summed E-state index contributed by atoms with van der Waals surface area (Å²) < 4.78 is 5.97. The Balaban J connectivity index is 0.00000280. The molecule has 1 aliphatic rings. The molecular weight excluding hydrogens is 372 g/mol. The van der Waals surface area contributed by atoms with E-state index in [1.54, 1.807) is 0 Å². The highest BCUT2D eigenvalue weighted by atomic mass is 35.5. The molecule has 0 spiro atoms. The Morgan fingerprint density at radius 3 is 2.46 bits per heavy atom. The molecule has 0 aromatic heterocycles. The number of hydrogen-bond donors (Lipinski definition) is 1. The van der Waals surface area contributed by atoms with E-state index in [2.05, 4.69) is 23.5 Å². The average Bonchev–Trinajstić information content (AvgIpc) is 2.73. The molecule has 152 valence electrons. The third-order valence-electron chi connectivity index (χ3n) is 5.32. The Bertz CT molecular complexity index is 716. The third-order valence-corrected chi connectivity index (χ3v) is 5.32. The zero-order valence-electron chi connectivity index (χ0n) is 16.6. The number of ether oxygens (including phenoxy) is 1. The van der Waals surface area contributed by atoms with Gasteiger partial charge in [-0.05, 0) is 50.4 Å². The molecule has 1 fully saturated rings. The van der Waals surface area contributed by atoms with E-state index >= 15 is 0 Å². The van der Waals surface area contributed by atoms with Gasteiger partial charge in [-0.3, -0.25) is 4.79 Å². The molecule has 4 nitrogen and oxygen atoms in total. The number of nitrogens with one attached hydrogen (secondary N) is 1. The number of halogens is 1. The Morgan fingerprint density at radius 2 is 1.75 bits per heavy atom. The van der Waals surface area contributed by atoms with Crippen LogP contribution < -0.4 is 10.1 Å². The smallest absolute Gasteiger partial charge is 0.225 e. The Kier molecular flexibility index (Phi) is 9.32. The summed E-state index contributed by atoms with van der Waals surface area (Å²) in [6.07, 6.45) is 3.87. The van der Waals surface area contributed by atoms with Gasteiger partial charge in [0.25, 0.3) is 0 Å². The molecule has 1 amide bonds. The number of rotatable bonds is 8. The molecule has 0 unspecified atom stereocenters. The highest BCUT2D eigenvalue weighted by Gasteiger charge is 2.22. The number of carbonyl (C=O) groups excluding carboxylic acids is 1. The zero-order chi connectivity index (χ0) is 18.9. The standard InChI is InChI=1S/C23H30N2O2.ClH/c1-24-15-11-19-12-16-25(17-13-19)23(26)14-18-27-22-10-6-5-9-21(22)20-7-3-2-4-8-20;/h2-10,19,24H,11-18H2,1H3;1H. The topological polar surface area (TPSA) is 41.6 Å². The first kappa shape index (κ1) is 22.3. The summed E-state index contributed by atoms with van der Waals surface area (Å²) in [6.45, 7) is 3.25. The second kappa shape index (κ2) is 11.7. The molecule has 1 N–H and O–H groups in total. The predicted octanol–water partition coefficient (Wildman–Crippen LogP) is 4.39. The number of piperidine rings is 1. The van der Waals surface area contributed by atoms with Gasteiger partial charge >= 0.3 is 0 Å². The maximum absolute atomic E-state index is 12.5. The lowest BCUT2D eigenvalue weighted by Gasteiger charge is -2.32. The largest absolute Gasteiger partial charge is 0.492 e. The second-order valence-electron chi connectivity index (χ2n) is 7.18. The van der Waals surface area contributed by atoms with Crippen molar-refractivity contribution in [2.24, 2.45) is 5.92 Å². The van der Waals surface area contributed by atoms with Crippen LogP contribution in [-0.4, -0.2) is 44.1 Å². The van der Waals surface area contributed by atoms with Crippen molar-refractivity contribution < 1.29 is 9.53 Å². The number of amides is 1. The van der Waals surface area contributed by atoms with E-state index in [4.69, 9.17) is 4.74 Å². The zero-order valence-corrected chi connectivity index (χ0v) is 17.4.